The zero-order valence-corrected chi connectivity index (χ0v) is 17.1. The van der Waals surface area contributed by atoms with Gasteiger partial charge in [0, 0.05) is 6.26 Å². The fourth-order valence-corrected chi connectivity index (χ4v) is 3.71. The number of sulfone groups is 1. The van der Waals surface area contributed by atoms with E-state index in [9.17, 15) is 13.2 Å². The van der Waals surface area contributed by atoms with Crippen molar-refractivity contribution in [2.45, 2.75) is 17.9 Å². The average molecular weight is 414 g/mol. The number of carbonyl (C=O) groups is 1. The van der Waals surface area contributed by atoms with Gasteiger partial charge in [-0.2, -0.15) is 0 Å². The first kappa shape index (κ1) is 20.1. The first-order valence-electron chi connectivity index (χ1n) is 8.71. The van der Waals surface area contributed by atoms with Crippen molar-refractivity contribution in [2.75, 3.05) is 6.26 Å². The minimum atomic E-state index is -3.43. The highest BCUT2D eigenvalue weighted by Gasteiger charge is 2.17. The van der Waals surface area contributed by atoms with Crippen molar-refractivity contribution in [3.8, 4) is 11.1 Å². The molecule has 3 aromatic carbocycles. The van der Waals surface area contributed by atoms with Crippen LogP contribution in [0, 0.1) is 0 Å². The van der Waals surface area contributed by atoms with Crippen molar-refractivity contribution >= 4 is 27.3 Å². The molecule has 3 aromatic rings. The summed E-state index contributed by atoms with van der Waals surface area (Å²) in [5.41, 5.74) is 3.28. The van der Waals surface area contributed by atoms with E-state index in [2.05, 4.69) is 5.32 Å². The summed E-state index contributed by atoms with van der Waals surface area (Å²) in [6.07, 6.45) is 1.09. The first-order valence-corrected chi connectivity index (χ1v) is 11.0. The van der Waals surface area contributed by atoms with Crippen LogP contribution in [-0.2, 0) is 9.84 Å². The van der Waals surface area contributed by atoms with Gasteiger partial charge in [0.1, 0.15) is 0 Å². The summed E-state index contributed by atoms with van der Waals surface area (Å²) in [5, 5.41) is 3.08. The molecule has 0 fully saturated rings. The van der Waals surface area contributed by atoms with Gasteiger partial charge < -0.3 is 5.32 Å². The number of halogens is 1. The van der Waals surface area contributed by atoms with Gasteiger partial charge in [-0.1, -0.05) is 66.2 Å². The summed E-state index contributed by atoms with van der Waals surface area (Å²) in [5.74, 6) is -0.421. The van der Waals surface area contributed by atoms with Crippen LogP contribution in [0.3, 0.4) is 0 Å². The van der Waals surface area contributed by atoms with Crippen LogP contribution < -0.4 is 5.32 Å². The normalized spacial score (nSPS) is 12.4. The third kappa shape index (κ3) is 4.61. The van der Waals surface area contributed by atoms with Crippen LogP contribution in [0.2, 0.25) is 5.02 Å². The molecule has 1 atom stereocenters. The fraction of sp³-hybridized carbons (Fsp3) is 0.136. The summed E-state index contributed by atoms with van der Waals surface area (Å²) in [6, 6.07) is 21.8. The van der Waals surface area contributed by atoms with E-state index in [1.165, 1.54) is 18.2 Å². The minimum absolute atomic E-state index is 0.0573. The Morgan fingerprint density at radius 1 is 0.929 bits per heavy atom. The van der Waals surface area contributed by atoms with E-state index in [0.717, 1.165) is 22.9 Å². The number of hydrogen-bond acceptors (Lipinski definition) is 3. The second-order valence-corrected chi connectivity index (χ2v) is 9.02. The predicted molar refractivity (Wildman–Crippen MR) is 112 cm³/mol. The molecule has 28 heavy (non-hydrogen) atoms. The maximum atomic E-state index is 12.6. The number of amides is 1. The fourth-order valence-electron chi connectivity index (χ4n) is 2.86. The SMILES string of the molecule is C[C@@H](NC(=O)c1cc(S(C)(=O)=O)ccc1Cl)c1ccc(-c2ccccc2)cc1. The first-order chi connectivity index (χ1) is 13.3. The van der Waals surface area contributed by atoms with Gasteiger partial charge in [-0.15, -0.1) is 0 Å². The van der Waals surface area contributed by atoms with E-state index < -0.39 is 15.7 Å². The van der Waals surface area contributed by atoms with E-state index in [1.807, 2.05) is 61.5 Å². The number of carbonyl (C=O) groups excluding carboxylic acids is 1. The van der Waals surface area contributed by atoms with Crippen molar-refractivity contribution in [1.29, 1.82) is 0 Å². The quantitative estimate of drug-likeness (QED) is 0.646. The highest BCUT2D eigenvalue weighted by Crippen LogP contribution is 2.24. The molecule has 144 valence electrons. The highest BCUT2D eigenvalue weighted by atomic mass is 35.5. The lowest BCUT2D eigenvalue weighted by atomic mass is 10.0. The van der Waals surface area contributed by atoms with Gasteiger partial charge in [-0.05, 0) is 41.8 Å². The number of rotatable bonds is 5. The molecule has 0 aliphatic rings. The third-order valence-electron chi connectivity index (χ3n) is 4.48. The molecule has 0 radical (unpaired) electrons. The lowest BCUT2D eigenvalue weighted by Gasteiger charge is -2.16. The standard InChI is InChI=1S/C22H20ClNO3S/c1-15(16-8-10-18(11-9-16)17-6-4-3-5-7-17)24-22(25)20-14-19(28(2,26)27)12-13-21(20)23/h3-15H,1-2H3,(H,24,25)/t15-/m1/s1. The lowest BCUT2D eigenvalue weighted by molar-refractivity contribution is 0.0940. The van der Waals surface area contributed by atoms with Gasteiger partial charge in [-0.3, -0.25) is 4.79 Å². The van der Waals surface area contributed by atoms with E-state index in [0.29, 0.717) is 0 Å². The molecular weight excluding hydrogens is 394 g/mol. The van der Waals surface area contributed by atoms with Gasteiger partial charge in [-0.25, -0.2) is 8.42 Å². The van der Waals surface area contributed by atoms with Crippen LogP contribution in [0.15, 0.2) is 77.7 Å². The molecule has 1 amide bonds. The Kier molecular flexibility index (Phi) is 5.87. The lowest BCUT2D eigenvalue weighted by Crippen LogP contribution is -2.27. The molecule has 0 aromatic heterocycles. The largest absolute Gasteiger partial charge is 0.345 e. The van der Waals surface area contributed by atoms with Crippen LogP contribution in [0.1, 0.15) is 28.9 Å². The Labute approximate surface area is 170 Å². The van der Waals surface area contributed by atoms with Gasteiger partial charge >= 0.3 is 0 Å². The summed E-state index contributed by atoms with van der Waals surface area (Å²) in [7, 11) is -3.43. The molecule has 6 heteroatoms. The van der Waals surface area contributed by atoms with Gasteiger partial charge in [0.05, 0.1) is 21.5 Å². The van der Waals surface area contributed by atoms with Crippen molar-refractivity contribution in [3.05, 3.63) is 88.9 Å². The molecule has 0 bridgehead atoms. The van der Waals surface area contributed by atoms with Gasteiger partial charge in [0.15, 0.2) is 9.84 Å². The Balaban J connectivity index is 1.78. The van der Waals surface area contributed by atoms with Crippen molar-refractivity contribution in [1.82, 2.24) is 5.32 Å². The Bertz CT molecular complexity index is 1090. The molecule has 0 spiro atoms. The van der Waals surface area contributed by atoms with Gasteiger partial charge in [0.2, 0.25) is 0 Å². The molecular formula is C22H20ClNO3S. The Morgan fingerprint density at radius 3 is 2.14 bits per heavy atom. The maximum absolute atomic E-state index is 12.6. The second kappa shape index (κ2) is 8.17. The van der Waals surface area contributed by atoms with Crippen LogP contribution in [0.5, 0.6) is 0 Å². The van der Waals surface area contributed by atoms with Crippen LogP contribution in [0.4, 0.5) is 0 Å². The van der Waals surface area contributed by atoms with Crippen molar-refractivity contribution < 1.29 is 13.2 Å². The molecule has 3 rings (SSSR count). The van der Waals surface area contributed by atoms with Crippen LogP contribution >= 0.6 is 11.6 Å². The molecule has 4 nitrogen and oxygen atoms in total. The number of hydrogen-bond donors (Lipinski definition) is 1. The van der Waals surface area contributed by atoms with E-state index in [4.69, 9.17) is 11.6 Å². The minimum Gasteiger partial charge on any atom is -0.345 e. The monoisotopic (exact) mass is 413 g/mol. The smallest absolute Gasteiger partial charge is 0.253 e. The predicted octanol–water partition coefficient (Wildman–Crippen LogP) is 4.90. The Hall–Kier alpha value is -2.63. The summed E-state index contributed by atoms with van der Waals surface area (Å²) < 4.78 is 23.5. The highest BCUT2D eigenvalue weighted by molar-refractivity contribution is 7.90. The van der Waals surface area contributed by atoms with E-state index in [-0.39, 0.29) is 21.5 Å². The van der Waals surface area contributed by atoms with Gasteiger partial charge in [0.25, 0.3) is 5.91 Å². The Morgan fingerprint density at radius 2 is 1.54 bits per heavy atom. The van der Waals surface area contributed by atoms with Crippen molar-refractivity contribution in [2.24, 2.45) is 0 Å². The molecule has 0 saturated heterocycles. The second-order valence-electron chi connectivity index (χ2n) is 6.60. The number of nitrogens with one attached hydrogen (secondary N) is 1. The molecule has 0 aliphatic heterocycles. The van der Waals surface area contributed by atoms with Crippen LogP contribution in [0.25, 0.3) is 11.1 Å². The molecule has 1 N–H and O–H groups in total. The third-order valence-corrected chi connectivity index (χ3v) is 5.92. The molecule has 0 unspecified atom stereocenters. The molecule has 0 heterocycles. The average Bonchev–Trinajstić information content (AvgIpc) is 2.68. The van der Waals surface area contributed by atoms with E-state index in [1.54, 1.807) is 0 Å². The molecule has 0 saturated carbocycles. The summed E-state index contributed by atoms with van der Waals surface area (Å²) >= 11 is 6.10. The summed E-state index contributed by atoms with van der Waals surface area (Å²) in [6.45, 7) is 1.86. The summed E-state index contributed by atoms with van der Waals surface area (Å²) in [4.78, 5) is 12.7. The molecule has 0 aliphatic carbocycles. The number of benzene rings is 3. The maximum Gasteiger partial charge on any atom is 0.253 e. The topological polar surface area (TPSA) is 63.2 Å². The zero-order valence-electron chi connectivity index (χ0n) is 15.5. The van der Waals surface area contributed by atoms with Crippen molar-refractivity contribution in [3.63, 3.8) is 0 Å². The van der Waals surface area contributed by atoms with E-state index >= 15 is 0 Å². The van der Waals surface area contributed by atoms with Crippen LogP contribution in [-0.4, -0.2) is 20.6 Å². The zero-order chi connectivity index (χ0) is 20.3.